The Bertz CT molecular complexity index is 513. The summed E-state index contributed by atoms with van der Waals surface area (Å²) in [6, 6.07) is 3.93. The highest BCUT2D eigenvalue weighted by molar-refractivity contribution is 5.91. The van der Waals surface area contributed by atoms with Crippen molar-refractivity contribution in [2.75, 3.05) is 5.32 Å². The molecule has 0 aromatic heterocycles. The Balaban J connectivity index is 2.78. The molecular formula is C17H26N2O. The van der Waals surface area contributed by atoms with Crippen LogP contribution < -0.4 is 10.6 Å². The third-order valence-electron chi connectivity index (χ3n) is 3.52. The van der Waals surface area contributed by atoms with E-state index in [-0.39, 0.29) is 11.4 Å². The molecule has 3 heteroatoms. The molecule has 20 heavy (non-hydrogen) atoms. The zero-order valence-corrected chi connectivity index (χ0v) is 13.6. The number of carbonyl (C=O) groups is 1. The van der Waals surface area contributed by atoms with Crippen molar-refractivity contribution in [3.8, 4) is 0 Å². The molecule has 0 radical (unpaired) electrons. The summed E-state index contributed by atoms with van der Waals surface area (Å²) in [5.41, 5.74) is 5.43. The first kappa shape index (κ1) is 16.3. The van der Waals surface area contributed by atoms with Crippen LogP contribution >= 0.6 is 0 Å². The average Bonchev–Trinajstić information content (AvgIpc) is 2.29. The summed E-state index contributed by atoms with van der Waals surface area (Å²) in [6.45, 7) is 14.4. The zero-order chi connectivity index (χ0) is 15.5. The Morgan fingerprint density at radius 1 is 1.10 bits per heavy atom. The summed E-state index contributed by atoms with van der Waals surface area (Å²) in [5.74, 6) is 0. The maximum atomic E-state index is 12.0. The van der Waals surface area contributed by atoms with Crippen molar-refractivity contribution in [3.05, 3.63) is 40.6 Å². The molecule has 0 saturated carbocycles. The number of amides is 2. The Kier molecular flexibility index (Phi) is 4.98. The molecule has 0 fully saturated rings. The van der Waals surface area contributed by atoms with E-state index in [0.717, 1.165) is 22.4 Å². The van der Waals surface area contributed by atoms with Gasteiger partial charge in [-0.15, -0.1) is 0 Å². The fourth-order valence-electron chi connectivity index (χ4n) is 1.92. The molecule has 0 bridgehead atoms. The van der Waals surface area contributed by atoms with Gasteiger partial charge in [-0.1, -0.05) is 44.0 Å². The van der Waals surface area contributed by atoms with Gasteiger partial charge in [0.1, 0.15) is 0 Å². The SMILES string of the molecule is C/C(=C\NC(=O)Nc1c(C)cc(C)cc1C)C(C)(C)C. The quantitative estimate of drug-likeness (QED) is 0.807. The van der Waals surface area contributed by atoms with Crippen LogP contribution in [0.2, 0.25) is 0 Å². The Morgan fingerprint density at radius 2 is 1.60 bits per heavy atom. The second-order valence-corrected chi connectivity index (χ2v) is 6.45. The van der Waals surface area contributed by atoms with Gasteiger partial charge in [-0.3, -0.25) is 0 Å². The van der Waals surface area contributed by atoms with Crippen molar-refractivity contribution >= 4 is 11.7 Å². The van der Waals surface area contributed by atoms with Crippen LogP contribution in [0.5, 0.6) is 0 Å². The highest BCUT2D eigenvalue weighted by atomic mass is 16.2. The van der Waals surface area contributed by atoms with E-state index in [2.05, 4.69) is 50.5 Å². The van der Waals surface area contributed by atoms with E-state index in [9.17, 15) is 4.79 Å². The lowest BCUT2D eigenvalue weighted by Gasteiger charge is -2.19. The monoisotopic (exact) mass is 274 g/mol. The second-order valence-electron chi connectivity index (χ2n) is 6.45. The fourth-order valence-corrected chi connectivity index (χ4v) is 1.92. The molecule has 0 heterocycles. The predicted molar refractivity (Wildman–Crippen MR) is 86.0 cm³/mol. The smallest absolute Gasteiger partial charge is 0.314 e. The number of rotatable bonds is 2. The van der Waals surface area contributed by atoms with E-state index in [1.165, 1.54) is 5.56 Å². The second kappa shape index (κ2) is 6.12. The molecule has 0 unspecified atom stereocenters. The highest BCUT2D eigenvalue weighted by Crippen LogP contribution is 2.24. The summed E-state index contributed by atoms with van der Waals surface area (Å²) in [7, 11) is 0. The molecule has 1 aromatic carbocycles. The topological polar surface area (TPSA) is 41.1 Å². The van der Waals surface area contributed by atoms with Gasteiger partial charge in [0.2, 0.25) is 0 Å². The molecule has 0 atom stereocenters. The van der Waals surface area contributed by atoms with Gasteiger partial charge in [0, 0.05) is 11.9 Å². The predicted octanol–water partition coefficient (Wildman–Crippen LogP) is 4.68. The lowest BCUT2D eigenvalue weighted by Crippen LogP contribution is -2.26. The molecule has 1 rings (SSSR count). The third kappa shape index (κ3) is 4.41. The van der Waals surface area contributed by atoms with E-state index in [0.29, 0.717) is 0 Å². The summed E-state index contributed by atoms with van der Waals surface area (Å²) < 4.78 is 0. The third-order valence-corrected chi connectivity index (χ3v) is 3.52. The van der Waals surface area contributed by atoms with Gasteiger partial charge in [-0.25, -0.2) is 4.79 Å². The summed E-state index contributed by atoms with van der Waals surface area (Å²) >= 11 is 0. The van der Waals surface area contributed by atoms with Gasteiger partial charge in [-0.2, -0.15) is 0 Å². The van der Waals surface area contributed by atoms with Crippen LogP contribution in [-0.2, 0) is 0 Å². The van der Waals surface area contributed by atoms with Crippen molar-refractivity contribution in [2.45, 2.75) is 48.5 Å². The first-order chi connectivity index (χ1) is 9.11. The number of urea groups is 1. The number of aryl methyl sites for hydroxylation is 3. The van der Waals surface area contributed by atoms with E-state index in [1.54, 1.807) is 6.20 Å². The standard InChI is InChI=1S/C17H26N2O/c1-11-8-12(2)15(13(3)9-11)19-16(20)18-10-14(4)17(5,6)7/h8-10H,1-7H3,(H2,18,19,20)/b14-10+. The first-order valence-electron chi connectivity index (χ1n) is 6.94. The molecule has 0 aliphatic rings. The lowest BCUT2D eigenvalue weighted by atomic mass is 9.88. The molecule has 110 valence electrons. The van der Waals surface area contributed by atoms with Gasteiger partial charge >= 0.3 is 6.03 Å². The number of carbonyl (C=O) groups excluding carboxylic acids is 1. The maximum Gasteiger partial charge on any atom is 0.323 e. The van der Waals surface area contributed by atoms with E-state index in [1.807, 2.05) is 20.8 Å². The number of hydrogen-bond acceptors (Lipinski definition) is 1. The number of hydrogen-bond donors (Lipinski definition) is 2. The summed E-state index contributed by atoms with van der Waals surface area (Å²) in [6.07, 6.45) is 1.77. The van der Waals surface area contributed by atoms with Crippen LogP contribution in [0.3, 0.4) is 0 Å². The molecule has 1 aromatic rings. The maximum absolute atomic E-state index is 12.0. The summed E-state index contributed by atoms with van der Waals surface area (Å²) in [5, 5.41) is 5.71. The largest absolute Gasteiger partial charge is 0.323 e. The molecule has 0 saturated heterocycles. The number of anilines is 1. The van der Waals surface area contributed by atoms with Crippen LogP contribution in [0.15, 0.2) is 23.9 Å². The van der Waals surface area contributed by atoms with E-state index >= 15 is 0 Å². The van der Waals surface area contributed by atoms with Gasteiger partial charge in [0.05, 0.1) is 0 Å². The van der Waals surface area contributed by atoms with Crippen LogP contribution in [0.25, 0.3) is 0 Å². The van der Waals surface area contributed by atoms with Crippen LogP contribution in [0.1, 0.15) is 44.4 Å². The van der Waals surface area contributed by atoms with Crippen molar-refractivity contribution < 1.29 is 4.79 Å². The van der Waals surface area contributed by atoms with Gasteiger partial charge in [0.25, 0.3) is 0 Å². The van der Waals surface area contributed by atoms with Crippen molar-refractivity contribution in [2.24, 2.45) is 5.41 Å². The molecule has 0 spiro atoms. The Morgan fingerprint density at radius 3 is 2.05 bits per heavy atom. The minimum absolute atomic E-state index is 0.0585. The minimum Gasteiger partial charge on any atom is -0.314 e. The van der Waals surface area contributed by atoms with E-state index in [4.69, 9.17) is 0 Å². The fraction of sp³-hybridized carbons (Fsp3) is 0.471. The van der Waals surface area contributed by atoms with Crippen molar-refractivity contribution in [1.82, 2.24) is 5.32 Å². The molecule has 0 aliphatic heterocycles. The van der Waals surface area contributed by atoms with Crippen molar-refractivity contribution in [1.29, 1.82) is 0 Å². The molecule has 2 amide bonds. The molecule has 0 aliphatic carbocycles. The van der Waals surface area contributed by atoms with E-state index < -0.39 is 0 Å². The highest BCUT2D eigenvalue weighted by Gasteiger charge is 2.13. The average molecular weight is 274 g/mol. The number of nitrogens with one attached hydrogen (secondary N) is 2. The minimum atomic E-state index is -0.205. The Hall–Kier alpha value is -1.77. The van der Waals surface area contributed by atoms with Crippen LogP contribution in [0.4, 0.5) is 10.5 Å². The molecule has 2 N–H and O–H groups in total. The van der Waals surface area contributed by atoms with Gasteiger partial charge < -0.3 is 10.6 Å². The first-order valence-corrected chi connectivity index (χ1v) is 6.94. The molecular weight excluding hydrogens is 248 g/mol. The van der Waals surface area contributed by atoms with Gasteiger partial charge in [0.15, 0.2) is 0 Å². The zero-order valence-electron chi connectivity index (χ0n) is 13.6. The summed E-state index contributed by atoms with van der Waals surface area (Å²) in [4.78, 5) is 12.0. The van der Waals surface area contributed by atoms with Crippen LogP contribution in [-0.4, -0.2) is 6.03 Å². The van der Waals surface area contributed by atoms with Gasteiger partial charge in [-0.05, 0) is 44.2 Å². The number of benzene rings is 1. The number of allylic oxidation sites excluding steroid dienone is 1. The lowest BCUT2D eigenvalue weighted by molar-refractivity contribution is 0.255. The normalized spacial score (nSPS) is 12.2. The Labute approximate surface area is 122 Å². The van der Waals surface area contributed by atoms with Crippen LogP contribution in [0, 0.1) is 26.2 Å². The van der Waals surface area contributed by atoms with Crippen molar-refractivity contribution in [3.63, 3.8) is 0 Å². The molecule has 3 nitrogen and oxygen atoms in total.